The van der Waals surface area contributed by atoms with E-state index in [0.29, 0.717) is 24.5 Å². The van der Waals surface area contributed by atoms with Crippen LogP contribution in [0.15, 0.2) is 11.6 Å². The van der Waals surface area contributed by atoms with Crippen LogP contribution in [0.25, 0.3) is 5.78 Å². The number of hydrogen-bond donors (Lipinski definition) is 1. The van der Waals surface area contributed by atoms with Crippen molar-refractivity contribution in [3.63, 3.8) is 0 Å². The van der Waals surface area contributed by atoms with Gasteiger partial charge in [-0.25, -0.2) is 4.98 Å². The van der Waals surface area contributed by atoms with Crippen LogP contribution < -0.4 is 5.32 Å². The van der Waals surface area contributed by atoms with Crippen molar-refractivity contribution in [2.75, 3.05) is 11.9 Å². The lowest BCUT2D eigenvalue weighted by molar-refractivity contribution is -0.144. The number of halogens is 3. The summed E-state index contributed by atoms with van der Waals surface area (Å²) in [4.78, 5) is 7.38. The Morgan fingerprint density at radius 3 is 2.82 bits per heavy atom. The molecule has 3 rings (SSSR count). The maximum absolute atomic E-state index is 12.7. The van der Waals surface area contributed by atoms with Crippen molar-refractivity contribution >= 4 is 22.9 Å². The predicted octanol–water partition coefficient (Wildman–Crippen LogP) is 1.96. The number of fused-ring (bicyclic) bond motifs is 1. The monoisotopic (exact) mass is 329 g/mol. The van der Waals surface area contributed by atoms with Crippen LogP contribution in [0.5, 0.6) is 0 Å². The van der Waals surface area contributed by atoms with E-state index < -0.39 is 12.0 Å². The first-order valence-corrected chi connectivity index (χ1v) is 7.12. The Kier molecular flexibility index (Phi) is 3.64. The van der Waals surface area contributed by atoms with E-state index in [-0.39, 0.29) is 5.78 Å². The van der Waals surface area contributed by atoms with Gasteiger partial charge in [-0.05, 0) is 6.92 Å². The second-order valence-corrected chi connectivity index (χ2v) is 5.35. The molecule has 0 aliphatic heterocycles. The molecule has 0 aliphatic carbocycles. The minimum atomic E-state index is -4.61. The van der Waals surface area contributed by atoms with Crippen LogP contribution in [-0.2, 0) is 12.6 Å². The van der Waals surface area contributed by atoms with Crippen LogP contribution in [0, 0.1) is 6.92 Å². The van der Waals surface area contributed by atoms with E-state index in [1.54, 1.807) is 18.5 Å². The Morgan fingerprint density at radius 2 is 2.14 bits per heavy atom. The topological polar surface area (TPSA) is 80.9 Å². The van der Waals surface area contributed by atoms with Crippen molar-refractivity contribution in [1.29, 1.82) is 0 Å². The zero-order valence-corrected chi connectivity index (χ0v) is 12.1. The Hall–Kier alpha value is -2.30. The van der Waals surface area contributed by atoms with Crippen molar-refractivity contribution in [2.24, 2.45) is 0 Å². The molecule has 7 nitrogen and oxygen atoms in total. The molecule has 11 heteroatoms. The fraction of sp³-hybridized carbons (Fsp3) is 0.364. The first kappa shape index (κ1) is 14.6. The summed E-state index contributed by atoms with van der Waals surface area (Å²) in [5.41, 5.74) is 2.17. The second-order valence-electron chi connectivity index (χ2n) is 4.44. The second kappa shape index (κ2) is 5.48. The van der Waals surface area contributed by atoms with Gasteiger partial charge in [-0.3, -0.25) is 0 Å². The van der Waals surface area contributed by atoms with Gasteiger partial charge in [-0.1, -0.05) is 0 Å². The molecule has 0 atom stereocenters. The smallest absolute Gasteiger partial charge is 0.369 e. The molecule has 0 aliphatic rings. The van der Waals surface area contributed by atoms with Gasteiger partial charge in [0.15, 0.2) is 0 Å². The molecule has 0 spiro atoms. The molecule has 0 saturated heterocycles. The molecule has 22 heavy (non-hydrogen) atoms. The summed E-state index contributed by atoms with van der Waals surface area (Å²) in [7, 11) is 0. The molecule has 3 aromatic rings. The summed E-state index contributed by atoms with van der Waals surface area (Å²) in [6.07, 6.45) is -4.00. The highest BCUT2D eigenvalue weighted by atomic mass is 32.1. The highest BCUT2D eigenvalue weighted by molar-refractivity contribution is 7.09. The fourth-order valence-electron chi connectivity index (χ4n) is 1.84. The number of nitrogens with zero attached hydrogens (tertiary/aromatic N) is 6. The molecule has 1 N–H and O–H groups in total. The lowest BCUT2D eigenvalue weighted by atomic mass is 10.4. The van der Waals surface area contributed by atoms with Gasteiger partial charge in [0.25, 0.3) is 11.6 Å². The van der Waals surface area contributed by atoms with E-state index in [4.69, 9.17) is 0 Å². The highest BCUT2D eigenvalue weighted by Crippen LogP contribution is 2.27. The first-order chi connectivity index (χ1) is 10.4. The summed E-state index contributed by atoms with van der Waals surface area (Å²) >= 11 is 1.41. The van der Waals surface area contributed by atoms with Gasteiger partial charge in [0.05, 0.1) is 0 Å². The summed E-state index contributed by atoms with van der Waals surface area (Å²) in [6.45, 7) is 2.16. The third-order valence-electron chi connectivity index (χ3n) is 2.74. The number of alkyl halides is 3. The van der Waals surface area contributed by atoms with E-state index >= 15 is 0 Å². The van der Waals surface area contributed by atoms with E-state index in [1.165, 1.54) is 11.3 Å². The largest absolute Gasteiger partial charge is 0.453 e. The third kappa shape index (κ3) is 2.98. The van der Waals surface area contributed by atoms with Crippen LogP contribution in [0.4, 0.5) is 19.0 Å². The van der Waals surface area contributed by atoms with Crippen LogP contribution in [-0.4, -0.2) is 36.3 Å². The molecule has 0 unspecified atom stereocenters. The van der Waals surface area contributed by atoms with E-state index in [9.17, 15) is 13.2 Å². The molecular formula is C11H10F3N7S. The van der Waals surface area contributed by atoms with E-state index in [0.717, 1.165) is 9.52 Å². The van der Waals surface area contributed by atoms with Gasteiger partial charge >= 0.3 is 6.18 Å². The average molecular weight is 329 g/mol. The lowest BCUT2D eigenvalue weighted by Gasteiger charge is -2.07. The molecule has 0 aromatic carbocycles. The zero-order valence-electron chi connectivity index (χ0n) is 11.3. The fourth-order valence-corrected chi connectivity index (χ4v) is 2.37. The molecule has 3 aromatic heterocycles. The Morgan fingerprint density at radius 1 is 1.32 bits per heavy atom. The normalized spacial score (nSPS) is 12.0. The number of aromatic nitrogens is 6. The maximum Gasteiger partial charge on any atom is 0.453 e. The molecule has 0 radical (unpaired) electrons. The number of nitrogens with one attached hydrogen (secondary N) is 1. The van der Waals surface area contributed by atoms with Gasteiger partial charge in [-0.2, -0.15) is 22.7 Å². The molecule has 0 saturated carbocycles. The van der Waals surface area contributed by atoms with Crippen molar-refractivity contribution in [1.82, 2.24) is 29.8 Å². The molecule has 116 valence electrons. The van der Waals surface area contributed by atoms with Crippen LogP contribution in [0.1, 0.15) is 16.5 Å². The highest BCUT2D eigenvalue weighted by Gasteiger charge is 2.36. The zero-order chi connectivity index (χ0) is 15.7. The molecule has 0 bridgehead atoms. The number of rotatable bonds is 4. The summed E-state index contributed by atoms with van der Waals surface area (Å²) in [5, 5.41) is 14.9. The maximum atomic E-state index is 12.7. The SMILES string of the molecule is Cc1cc(NCCc2nncs2)n2nc(C(F)(F)F)nc2n1. The summed E-state index contributed by atoms with van der Waals surface area (Å²) < 4.78 is 39.1. The summed E-state index contributed by atoms with van der Waals surface area (Å²) in [6, 6.07) is 1.61. The van der Waals surface area contributed by atoms with Crippen molar-refractivity contribution in [2.45, 2.75) is 19.5 Å². The van der Waals surface area contributed by atoms with Crippen molar-refractivity contribution in [3.8, 4) is 0 Å². The van der Waals surface area contributed by atoms with Crippen molar-refractivity contribution in [3.05, 3.63) is 28.1 Å². The Labute approximate surface area is 126 Å². The molecule has 0 amide bonds. The van der Waals surface area contributed by atoms with E-state index in [2.05, 4.69) is 30.6 Å². The minimum Gasteiger partial charge on any atom is -0.369 e. The van der Waals surface area contributed by atoms with Crippen LogP contribution in [0.3, 0.4) is 0 Å². The quantitative estimate of drug-likeness (QED) is 0.788. The van der Waals surface area contributed by atoms with Gasteiger partial charge < -0.3 is 5.32 Å². The molecule has 3 heterocycles. The molecular weight excluding hydrogens is 319 g/mol. The first-order valence-electron chi connectivity index (χ1n) is 6.24. The average Bonchev–Trinajstić information content (AvgIpc) is 3.06. The number of aryl methyl sites for hydroxylation is 1. The number of anilines is 1. The van der Waals surface area contributed by atoms with Crippen molar-refractivity contribution < 1.29 is 13.2 Å². The molecule has 0 fully saturated rings. The van der Waals surface area contributed by atoms with E-state index in [1.807, 2.05) is 0 Å². The predicted molar refractivity (Wildman–Crippen MR) is 72.6 cm³/mol. The Bertz CT molecular complexity index is 781. The van der Waals surface area contributed by atoms with Crippen LogP contribution in [0.2, 0.25) is 0 Å². The van der Waals surface area contributed by atoms with Crippen LogP contribution >= 0.6 is 11.3 Å². The summed E-state index contributed by atoms with van der Waals surface area (Å²) in [5.74, 6) is -0.904. The van der Waals surface area contributed by atoms with Gasteiger partial charge in [0.1, 0.15) is 16.3 Å². The standard InChI is InChI=1S/C11H10F3N7S/c1-6-4-7(15-3-2-8-19-16-5-22-8)21-10(17-6)18-9(20-21)11(12,13)14/h4-5,15H,2-3H2,1H3. The lowest BCUT2D eigenvalue weighted by Crippen LogP contribution is -2.11. The Balaban J connectivity index is 1.86. The third-order valence-corrected chi connectivity index (χ3v) is 3.50. The number of hydrogen-bond acceptors (Lipinski definition) is 7. The van der Waals surface area contributed by atoms with Gasteiger partial charge in [0, 0.05) is 24.7 Å². The van der Waals surface area contributed by atoms with Gasteiger partial charge in [0.2, 0.25) is 0 Å². The minimum absolute atomic E-state index is 0.0919. The van der Waals surface area contributed by atoms with Gasteiger partial charge in [-0.15, -0.1) is 26.6 Å².